The molecule has 0 aliphatic carbocycles. The quantitative estimate of drug-likeness (QED) is 0.549. The first-order valence-corrected chi connectivity index (χ1v) is 8.32. The van der Waals surface area contributed by atoms with Gasteiger partial charge in [0.25, 0.3) is 0 Å². The van der Waals surface area contributed by atoms with E-state index in [0.29, 0.717) is 11.3 Å². The van der Waals surface area contributed by atoms with Crippen LogP contribution >= 0.6 is 15.9 Å². The summed E-state index contributed by atoms with van der Waals surface area (Å²) < 4.78 is 11.2. The molecule has 0 heterocycles. The Labute approximate surface area is 149 Å². The van der Waals surface area contributed by atoms with Gasteiger partial charge in [0.1, 0.15) is 5.75 Å². The van der Waals surface area contributed by atoms with Crippen LogP contribution in [0.3, 0.4) is 0 Å². The average Bonchev–Trinajstić information content (AvgIpc) is 2.55. The van der Waals surface area contributed by atoms with Gasteiger partial charge in [-0.25, -0.2) is 0 Å². The Morgan fingerprint density at radius 1 is 1.12 bits per heavy atom. The van der Waals surface area contributed by atoms with Crippen molar-refractivity contribution < 1.29 is 19.1 Å². The molecule has 0 aliphatic rings. The SMILES string of the molecule is COc1ccc(CC(=O)OC(C)C(=O)c2ccc(C)cc2)cc1Br. The number of hydrogen-bond donors (Lipinski definition) is 0. The fourth-order valence-electron chi connectivity index (χ4n) is 2.23. The van der Waals surface area contributed by atoms with E-state index in [2.05, 4.69) is 15.9 Å². The van der Waals surface area contributed by atoms with E-state index in [1.807, 2.05) is 19.1 Å². The summed E-state index contributed by atoms with van der Waals surface area (Å²) in [7, 11) is 1.58. The van der Waals surface area contributed by atoms with Crippen molar-refractivity contribution in [3.8, 4) is 5.75 Å². The fraction of sp³-hybridized carbons (Fsp3) is 0.263. The number of halogens is 1. The minimum atomic E-state index is -0.818. The fourth-order valence-corrected chi connectivity index (χ4v) is 2.82. The highest BCUT2D eigenvalue weighted by Crippen LogP contribution is 2.25. The molecule has 0 amide bonds. The molecule has 0 fully saturated rings. The predicted molar refractivity (Wildman–Crippen MR) is 95.5 cm³/mol. The van der Waals surface area contributed by atoms with E-state index in [9.17, 15) is 9.59 Å². The number of rotatable bonds is 6. The summed E-state index contributed by atoms with van der Waals surface area (Å²) in [5.41, 5.74) is 2.39. The third kappa shape index (κ3) is 4.68. The lowest BCUT2D eigenvalue weighted by atomic mass is 10.1. The molecule has 2 aromatic rings. The number of esters is 1. The Balaban J connectivity index is 1.97. The van der Waals surface area contributed by atoms with Crippen molar-refractivity contribution in [2.24, 2.45) is 0 Å². The van der Waals surface area contributed by atoms with E-state index in [-0.39, 0.29) is 12.2 Å². The van der Waals surface area contributed by atoms with Crippen molar-refractivity contribution >= 4 is 27.7 Å². The molecule has 1 unspecified atom stereocenters. The molecule has 0 N–H and O–H groups in total. The van der Waals surface area contributed by atoms with Gasteiger partial charge >= 0.3 is 5.97 Å². The first kappa shape index (κ1) is 18.2. The van der Waals surface area contributed by atoms with Crippen molar-refractivity contribution in [1.29, 1.82) is 0 Å². The topological polar surface area (TPSA) is 52.6 Å². The van der Waals surface area contributed by atoms with E-state index in [0.717, 1.165) is 15.6 Å². The summed E-state index contributed by atoms with van der Waals surface area (Å²) in [6, 6.07) is 12.6. The minimum Gasteiger partial charge on any atom is -0.496 e. The first-order valence-electron chi connectivity index (χ1n) is 7.53. The van der Waals surface area contributed by atoms with Gasteiger partial charge in [-0.3, -0.25) is 9.59 Å². The third-order valence-corrected chi connectivity index (χ3v) is 4.20. The Hall–Kier alpha value is -2.14. The maximum Gasteiger partial charge on any atom is 0.310 e. The van der Waals surface area contributed by atoms with Crippen molar-refractivity contribution in [3.63, 3.8) is 0 Å². The summed E-state index contributed by atoms with van der Waals surface area (Å²) in [5, 5.41) is 0. The van der Waals surface area contributed by atoms with Crippen LogP contribution in [-0.4, -0.2) is 25.0 Å². The van der Waals surface area contributed by atoms with Gasteiger partial charge in [0.2, 0.25) is 5.78 Å². The van der Waals surface area contributed by atoms with Crippen LogP contribution in [0.25, 0.3) is 0 Å². The third-order valence-electron chi connectivity index (χ3n) is 3.58. The highest BCUT2D eigenvalue weighted by Gasteiger charge is 2.19. The summed E-state index contributed by atoms with van der Waals surface area (Å²) in [5.74, 6) is 0.0364. The van der Waals surface area contributed by atoms with Crippen LogP contribution in [0.5, 0.6) is 5.75 Å². The van der Waals surface area contributed by atoms with Crippen LogP contribution in [0.4, 0.5) is 0 Å². The normalized spacial score (nSPS) is 11.7. The van der Waals surface area contributed by atoms with Crippen molar-refractivity contribution in [2.45, 2.75) is 26.4 Å². The van der Waals surface area contributed by atoms with Crippen LogP contribution in [0.15, 0.2) is 46.9 Å². The van der Waals surface area contributed by atoms with Crippen molar-refractivity contribution in [1.82, 2.24) is 0 Å². The number of hydrogen-bond acceptors (Lipinski definition) is 4. The first-order chi connectivity index (χ1) is 11.4. The molecule has 24 heavy (non-hydrogen) atoms. The zero-order valence-electron chi connectivity index (χ0n) is 13.8. The summed E-state index contributed by atoms with van der Waals surface area (Å²) in [4.78, 5) is 24.3. The molecule has 0 aliphatic heterocycles. The molecule has 1 atom stereocenters. The second-order valence-electron chi connectivity index (χ2n) is 5.51. The largest absolute Gasteiger partial charge is 0.496 e. The van der Waals surface area contributed by atoms with Gasteiger partial charge in [-0.2, -0.15) is 0 Å². The minimum absolute atomic E-state index is 0.0914. The number of ketones is 1. The van der Waals surface area contributed by atoms with E-state index in [4.69, 9.17) is 9.47 Å². The van der Waals surface area contributed by atoms with Gasteiger partial charge in [0, 0.05) is 5.56 Å². The van der Waals surface area contributed by atoms with E-state index in [1.54, 1.807) is 44.4 Å². The lowest BCUT2D eigenvalue weighted by molar-refractivity contribution is -0.145. The monoisotopic (exact) mass is 390 g/mol. The Bertz CT molecular complexity index is 738. The summed E-state index contributed by atoms with van der Waals surface area (Å²) >= 11 is 3.38. The van der Waals surface area contributed by atoms with Crippen molar-refractivity contribution in [2.75, 3.05) is 7.11 Å². The van der Waals surface area contributed by atoms with Gasteiger partial charge in [0.05, 0.1) is 18.0 Å². The molecular weight excluding hydrogens is 372 g/mol. The van der Waals surface area contributed by atoms with Crippen LogP contribution in [-0.2, 0) is 16.0 Å². The Morgan fingerprint density at radius 3 is 2.38 bits per heavy atom. The Morgan fingerprint density at radius 2 is 1.79 bits per heavy atom. The smallest absolute Gasteiger partial charge is 0.310 e. The lowest BCUT2D eigenvalue weighted by Gasteiger charge is -2.13. The van der Waals surface area contributed by atoms with Crippen LogP contribution in [0.2, 0.25) is 0 Å². The van der Waals surface area contributed by atoms with Crippen molar-refractivity contribution in [3.05, 3.63) is 63.6 Å². The maximum absolute atomic E-state index is 12.3. The van der Waals surface area contributed by atoms with Gasteiger partial charge in [-0.15, -0.1) is 0 Å². The molecule has 2 rings (SSSR count). The van der Waals surface area contributed by atoms with Gasteiger partial charge < -0.3 is 9.47 Å². The predicted octanol–water partition coefficient (Wildman–Crippen LogP) is 4.12. The number of aryl methyl sites for hydroxylation is 1. The molecular formula is C19H19BrO4. The molecule has 0 spiro atoms. The van der Waals surface area contributed by atoms with E-state index >= 15 is 0 Å². The molecule has 0 saturated carbocycles. The van der Waals surface area contributed by atoms with Gasteiger partial charge in [-0.1, -0.05) is 35.9 Å². The molecule has 2 aromatic carbocycles. The molecule has 5 heteroatoms. The number of benzene rings is 2. The van der Waals surface area contributed by atoms with Crippen LogP contribution in [0, 0.1) is 6.92 Å². The molecule has 0 bridgehead atoms. The molecule has 0 radical (unpaired) electrons. The second kappa shape index (κ2) is 8.11. The van der Waals surface area contributed by atoms with E-state index < -0.39 is 12.1 Å². The Kier molecular flexibility index (Phi) is 6.15. The maximum atomic E-state index is 12.3. The van der Waals surface area contributed by atoms with Gasteiger partial charge in [-0.05, 0) is 47.5 Å². The van der Waals surface area contributed by atoms with Gasteiger partial charge in [0.15, 0.2) is 6.10 Å². The average molecular weight is 391 g/mol. The zero-order chi connectivity index (χ0) is 17.7. The number of ether oxygens (including phenoxy) is 2. The van der Waals surface area contributed by atoms with E-state index in [1.165, 1.54) is 0 Å². The molecule has 0 aromatic heterocycles. The number of carbonyl (C=O) groups is 2. The molecule has 0 saturated heterocycles. The zero-order valence-corrected chi connectivity index (χ0v) is 15.4. The number of Topliss-reactive ketones (excluding diaryl/α,β-unsaturated/α-hetero) is 1. The summed E-state index contributed by atoms with van der Waals surface area (Å²) in [6.07, 6.45) is -0.726. The highest BCUT2D eigenvalue weighted by atomic mass is 79.9. The number of carbonyl (C=O) groups excluding carboxylic acids is 2. The molecule has 4 nitrogen and oxygen atoms in total. The highest BCUT2D eigenvalue weighted by molar-refractivity contribution is 9.10. The standard InChI is InChI=1S/C19H19BrO4/c1-12-4-7-15(8-5-12)19(22)13(2)24-18(21)11-14-6-9-17(23-3)16(20)10-14/h4-10,13H,11H2,1-3H3. The lowest BCUT2D eigenvalue weighted by Crippen LogP contribution is -2.25. The second-order valence-corrected chi connectivity index (χ2v) is 6.36. The van der Waals surface area contributed by atoms with Crippen LogP contribution in [0.1, 0.15) is 28.4 Å². The van der Waals surface area contributed by atoms with Crippen LogP contribution < -0.4 is 4.74 Å². The summed E-state index contributed by atoms with van der Waals surface area (Å²) in [6.45, 7) is 3.54. The molecule has 126 valence electrons. The number of methoxy groups -OCH3 is 1.